The van der Waals surface area contributed by atoms with Crippen LogP contribution in [0.3, 0.4) is 0 Å². The fourth-order valence-corrected chi connectivity index (χ4v) is 2.39. The smallest absolute Gasteiger partial charge is 0.258 e. The second-order valence-electron chi connectivity index (χ2n) is 4.05. The van der Waals surface area contributed by atoms with Crippen LogP contribution in [0.4, 0.5) is 5.69 Å². The van der Waals surface area contributed by atoms with Gasteiger partial charge in [-0.1, -0.05) is 11.2 Å². The van der Waals surface area contributed by atoms with Crippen molar-refractivity contribution in [3.05, 3.63) is 46.4 Å². The van der Waals surface area contributed by atoms with E-state index in [1.165, 1.54) is 10.9 Å². The van der Waals surface area contributed by atoms with Crippen molar-refractivity contribution in [3.63, 3.8) is 0 Å². The van der Waals surface area contributed by atoms with Crippen LogP contribution in [-0.2, 0) is 6.42 Å². The second-order valence-corrected chi connectivity index (χ2v) is 5.08. The van der Waals surface area contributed by atoms with Gasteiger partial charge in [-0.05, 0) is 29.6 Å². The van der Waals surface area contributed by atoms with Crippen molar-refractivity contribution in [1.82, 2.24) is 10.1 Å². The highest BCUT2D eigenvalue weighted by atomic mass is 32.1. The van der Waals surface area contributed by atoms with E-state index >= 15 is 0 Å². The van der Waals surface area contributed by atoms with Gasteiger partial charge in [0.05, 0.1) is 5.69 Å². The van der Waals surface area contributed by atoms with Crippen LogP contribution in [-0.4, -0.2) is 15.2 Å². The molecule has 2 heterocycles. The number of benzene rings is 1. The van der Waals surface area contributed by atoms with Crippen LogP contribution in [0.5, 0.6) is 5.75 Å². The average Bonchev–Trinajstić information content (AvgIpc) is 3.05. The van der Waals surface area contributed by atoms with Crippen LogP contribution < -0.4 is 5.73 Å². The number of nitrogen functional groups attached to an aromatic ring is 1. The molecule has 3 N–H and O–H groups in total. The number of thiophene rings is 1. The van der Waals surface area contributed by atoms with Crippen LogP contribution >= 0.6 is 11.3 Å². The average molecular weight is 273 g/mol. The van der Waals surface area contributed by atoms with Crippen molar-refractivity contribution >= 4 is 17.0 Å². The molecule has 1 aromatic carbocycles. The Bertz CT molecular complexity index is 692. The summed E-state index contributed by atoms with van der Waals surface area (Å²) >= 11 is 1.65. The number of phenolic OH excluding ortho intramolecular Hbond substituents is 1. The standard InChI is InChI=1S/C13H11N3O2S/c14-10-4-3-8(6-11(10)17)13-15-12(16-18-13)7-9-2-1-5-19-9/h1-6,17H,7,14H2. The predicted molar refractivity (Wildman–Crippen MR) is 72.9 cm³/mol. The Kier molecular flexibility index (Phi) is 2.92. The fraction of sp³-hybridized carbons (Fsp3) is 0.0769. The van der Waals surface area contributed by atoms with Gasteiger partial charge in [-0.25, -0.2) is 0 Å². The van der Waals surface area contributed by atoms with E-state index in [0.29, 0.717) is 29.4 Å². The van der Waals surface area contributed by atoms with Gasteiger partial charge < -0.3 is 15.4 Å². The van der Waals surface area contributed by atoms with E-state index < -0.39 is 0 Å². The molecule has 0 aliphatic heterocycles. The number of aromatic nitrogens is 2. The number of hydrogen-bond acceptors (Lipinski definition) is 6. The minimum Gasteiger partial charge on any atom is -0.506 e. The molecule has 3 aromatic rings. The summed E-state index contributed by atoms with van der Waals surface area (Å²) in [6, 6.07) is 8.86. The number of rotatable bonds is 3. The van der Waals surface area contributed by atoms with E-state index in [2.05, 4.69) is 10.1 Å². The summed E-state index contributed by atoms with van der Waals surface area (Å²) in [6.45, 7) is 0. The van der Waals surface area contributed by atoms with Gasteiger partial charge in [0.15, 0.2) is 5.82 Å². The van der Waals surface area contributed by atoms with Gasteiger partial charge in [0.2, 0.25) is 0 Å². The summed E-state index contributed by atoms with van der Waals surface area (Å²) in [5.41, 5.74) is 6.52. The third kappa shape index (κ3) is 2.43. The van der Waals surface area contributed by atoms with Gasteiger partial charge in [-0.3, -0.25) is 0 Å². The molecule has 19 heavy (non-hydrogen) atoms. The van der Waals surface area contributed by atoms with E-state index in [9.17, 15) is 5.11 Å². The van der Waals surface area contributed by atoms with E-state index in [1.54, 1.807) is 23.5 Å². The summed E-state index contributed by atoms with van der Waals surface area (Å²) in [6.07, 6.45) is 0.641. The molecule has 0 atom stereocenters. The number of aromatic hydroxyl groups is 1. The number of phenols is 1. The number of nitrogens with two attached hydrogens (primary N) is 1. The molecule has 0 aliphatic rings. The Labute approximate surface area is 113 Å². The first-order valence-corrected chi connectivity index (χ1v) is 6.54. The molecular formula is C13H11N3O2S. The van der Waals surface area contributed by atoms with Crippen LogP contribution in [0.15, 0.2) is 40.2 Å². The van der Waals surface area contributed by atoms with E-state index in [0.717, 1.165) is 0 Å². The highest BCUT2D eigenvalue weighted by Crippen LogP contribution is 2.27. The summed E-state index contributed by atoms with van der Waals surface area (Å²) in [7, 11) is 0. The molecule has 3 rings (SSSR count). The minimum absolute atomic E-state index is 0.00973. The maximum absolute atomic E-state index is 9.56. The minimum atomic E-state index is 0.00973. The van der Waals surface area contributed by atoms with Crippen molar-refractivity contribution in [1.29, 1.82) is 0 Å². The Morgan fingerprint density at radius 2 is 2.21 bits per heavy atom. The topological polar surface area (TPSA) is 85.2 Å². The molecule has 96 valence electrons. The zero-order chi connectivity index (χ0) is 13.2. The quantitative estimate of drug-likeness (QED) is 0.566. The molecule has 0 saturated heterocycles. The lowest BCUT2D eigenvalue weighted by molar-refractivity contribution is 0.423. The molecule has 0 unspecified atom stereocenters. The monoisotopic (exact) mass is 273 g/mol. The first-order valence-electron chi connectivity index (χ1n) is 5.66. The highest BCUT2D eigenvalue weighted by Gasteiger charge is 2.11. The lowest BCUT2D eigenvalue weighted by Gasteiger charge is -1.99. The molecule has 2 aromatic heterocycles. The lowest BCUT2D eigenvalue weighted by atomic mass is 10.2. The zero-order valence-corrected chi connectivity index (χ0v) is 10.7. The first-order chi connectivity index (χ1) is 9.22. The largest absolute Gasteiger partial charge is 0.506 e. The molecule has 0 radical (unpaired) electrons. The summed E-state index contributed by atoms with van der Waals surface area (Å²) in [4.78, 5) is 5.48. The van der Waals surface area contributed by atoms with Crippen LogP contribution in [0.25, 0.3) is 11.5 Å². The van der Waals surface area contributed by atoms with Gasteiger partial charge in [0.1, 0.15) is 5.75 Å². The normalized spacial score (nSPS) is 10.7. The van der Waals surface area contributed by atoms with Gasteiger partial charge >= 0.3 is 0 Å². The van der Waals surface area contributed by atoms with E-state index in [-0.39, 0.29) is 5.75 Å². The summed E-state index contributed by atoms with van der Waals surface area (Å²) < 4.78 is 5.19. The molecule has 0 amide bonds. The molecule has 0 aliphatic carbocycles. The Hall–Kier alpha value is -2.34. The van der Waals surface area contributed by atoms with Crippen molar-refractivity contribution < 1.29 is 9.63 Å². The molecule has 0 bridgehead atoms. The van der Waals surface area contributed by atoms with Crippen LogP contribution in [0.2, 0.25) is 0 Å². The molecule has 0 fully saturated rings. The second kappa shape index (κ2) is 4.74. The zero-order valence-electron chi connectivity index (χ0n) is 9.91. The van der Waals surface area contributed by atoms with Gasteiger partial charge in [0.25, 0.3) is 5.89 Å². The van der Waals surface area contributed by atoms with Crippen LogP contribution in [0, 0.1) is 0 Å². The SMILES string of the molecule is Nc1ccc(-c2nc(Cc3cccs3)no2)cc1O. The molecule has 5 nitrogen and oxygen atoms in total. The number of anilines is 1. The van der Waals surface area contributed by atoms with E-state index in [1.807, 2.05) is 17.5 Å². The van der Waals surface area contributed by atoms with Gasteiger partial charge in [0, 0.05) is 16.9 Å². The predicted octanol–water partition coefficient (Wildman–Crippen LogP) is 2.68. The van der Waals surface area contributed by atoms with Gasteiger partial charge in [-0.15, -0.1) is 11.3 Å². The Balaban J connectivity index is 1.86. The Morgan fingerprint density at radius 3 is 2.95 bits per heavy atom. The van der Waals surface area contributed by atoms with Gasteiger partial charge in [-0.2, -0.15) is 4.98 Å². The van der Waals surface area contributed by atoms with Crippen molar-refractivity contribution in [2.45, 2.75) is 6.42 Å². The molecule has 6 heteroatoms. The molecular weight excluding hydrogens is 262 g/mol. The summed E-state index contributed by atoms with van der Waals surface area (Å²) in [5.74, 6) is 1.01. The first kappa shape index (κ1) is 11.7. The third-order valence-corrected chi connectivity index (χ3v) is 3.53. The maximum atomic E-state index is 9.56. The number of nitrogens with zero attached hydrogens (tertiary/aromatic N) is 2. The lowest BCUT2D eigenvalue weighted by Crippen LogP contribution is -1.88. The number of hydrogen-bond donors (Lipinski definition) is 2. The van der Waals surface area contributed by atoms with Crippen molar-refractivity contribution in [2.24, 2.45) is 0 Å². The Morgan fingerprint density at radius 1 is 1.32 bits per heavy atom. The maximum Gasteiger partial charge on any atom is 0.258 e. The third-order valence-electron chi connectivity index (χ3n) is 2.66. The van der Waals surface area contributed by atoms with Crippen molar-refractivity contribution in [3.8, 4) is 17.2 Å². The van der Waals surface area contributed by atoms with Crippen LogP contribution in [0.1, 0.15) is 10.7 Å². The van der Waals surface area contributed by atoms with E-state index in [4.69, 9.17) is 10.3 Å². The molecule has 0 spiro atoms. The van der Waals surface area contributed by atoms with Crippen molar-refractivity contribution in [2.75, 3.05) is 5.73 Å². The highest BCUT2D eigenvalue weighted by molar-refractivity contribution is 7.09. The summed E-state index contributed by atoms with van der Waals surface area (Å²) in [5, 5.41) is 15.5. The molecule has 0 saturated carbocycles. The fourth-order valence-electron chi connectivity index (χ4n) is 1.69.